The number of aliphatic hydroxyl groups is 1. The molecule has 0 saturated carbocycles. The SMILES string of the molecule is CN1CCC(N2C[C@H](O)C[C@H]2c2nc(-c3ccc(F)cc3)no2)CC1. The summed E-state index contributed by atoms with van der Waals surface area (Å²) < 4.78 is 18.6. The molecule has 4 rings (SSSR count). The molecule has 0 spiro atoms. The monoisotopic (exact) mass is 346 g/mol. The number of benzene rings is 1. The number of aliphatic hydroxyl groups excluding tert-OH is 1. The third kappa shape index (κ3) is 3.44. The van der Waals surface area contributed by atoms with Gasteiger partial charge in [0.1, 0.15) is 5.82 Å². The van der Waals surface area contributed by atoms with Gasteiger partial charge in [-0.1, -0.05) is 5.16 Å². The number of piperidine rings is 1. The fourth-order valence-electron chi connectivity index (χ4n) is 3.90. The molecule has 2 saturated heterocycles. The van der Waals surface area contributed by atoms with Gasteiger partial charge in [0.2, 0.25) is 11.7 Å². The van der Waals surface area contributed by atoms with E-state index in [-0.39, 0.29) is 18.0 Å². The van der Waals surface area contributed by atoms with E-state index >= 15 is 0 Å². The van der Waals surface area contributed by atoms with Gasteiger partial charge in [-0.2, -0.15) is 4.98 Å². The molecular formula is C18H23FN4O2. The molecule has 1 aromatic carbocycles. The summed E-state index contributed by atoms with van der Waals surface area (Å²) in [5, 5.41) is 14.2. The molecule has 2 aromatic rings. The highest BCUT2D eigenvalue weighted by molar-refractivity contribution is 5.53. The number of hydrogen-bond acceptors (Lipinski definition) is 6. The minimum absolute atomic E-state index is 0.0508. The normalized spacial score (nSPS) is 26.4. The molecule has 6 nitrogen and oxygen atoms in total. The van der Waals surface area contributed by atoms with Crippen molar-refractivity contribution in [3.8, 4) is 11.4 Å². The van der Waals surface area contributed by atoms with Crippen molar-refractivity contribution in [2.45, 2.75) is 37.5 Å². The lowest BCUT2D eigenvalue weighted by Crippen LogP contribution is -2.43. The van der Waals surface area contributed by atoms with Crippen LogP contribution in [0.25, 0.3) is 11.4 Å². The topological polar surface area (TPSA) is 65.6 Å². The van der Waals surface area contributed by atoms with Crippen LogP contribution >= 0.6 is 0 Å². The molecule has 0 amide bonds. The molecule has 0 unspecified atom stereocenters. The fraction of sp³-hybridized carbons (Fsp3) is 0.556. The summed E-state index contributed by atoms with van der Waals surface area (Å²) in [5.74, 6) is 0.703. The molecule has 25 heavy (non-hydrogen) atoms. The second-order valence-electron chi connectivity index (χ2n) is 7.10. The minimum Gasteiger partial charge on any atom is -0.392 e. The van der Waals surface area contributed by atoms with Crippen LogP contribution in [0.3, 0.4) is 0 Å². The lowest BCUT2D eigenvalue weighted by atomic mass is 10.0. The second kappa shape index (κ2) is 6.82. The summed E-state index contributed by atoms with van der Waals surface area (Å²) in [5.41, 5.74) is 0.723. The van der Waals surface area contributed by atoms with Gasteiger partial charge in [0.05, 0.1) is 12.1 Å². The van der Waals surface area contributed by atoms with E-state index in [2.05, 4.69) is 27.0 Å². The Labute approximate surface area is 146 Å². The van der Waals surface area contributed by atoms with Crippen LogP contribution in [0.4, 0.5) is 4.39 Å². The summed E-state index contributed by atoms with van der Waals surface area (Å²) in [6, 6.07) is 6.43. The third-order valence-corrected chi connectivity index (χ3v) is 5.30. The van der Waals surface area contributed by atoms with Gasteiger partial charge in [0.25, 0.3) is 0 Å². The summed E-state index contributed by atoms with van der Waals surface area (Å²) in [7, 11) is 2.14. The number of nitrogens with zero attached hydrogens (tertiary/aromatic N) is 4. The number of rotatable bonds is 3. The molecule has 7 heteroatoms. The fourth-order valence-corrected chi connectivity index (χ4v) is 3.90. The van der Waals surface area contributed by atoms with E-state index in [0.717, 1.165) is 31.5 Å². The Hall–Kier alpha value is -1.83. The van der Waals surface area contributed by atoms with Gasteiger partial charge >= 0.3 is 0 Å². The zero-order chi connectivity index (χ0) is 17.4. The van der Waals surface area contributed by atoms with Gasteiger partial charge < -0.3 is 14.5 Å². The smallest absolute Gasteiger partial charge is 0.244 e. The van der Waals surface area contributed by atoms with E-state index in [9.17, 15) is 9.50 Å². The minimum atomic E-state index is -0.370. The number of halogens is 1. The first-order valence-corrected chi connectivity index (χ1v) is 8.82. The van der Waals surface area contributed by atoms with E-state index in [1.54, 1.807) is 12.1 Å². The van der Waals surface area contributed by atoms with E-state index in [1.807, 2.05) is 0 Å². The molecule has 2 aliphatic heterocycles. The summed E-state index contributed by atoms with van der Waals surface area (Å²) in [6.07, 6.45) is 2.40. The predicted molar refractivity (Wildman–Crippen MR) is 90.3 cm³/mol. The first-order chi connectivity index (χ1) is 12.1. The Morgan fingerprint density at radius 2 is 1.92 bits per heavy atom. The second-order valence-corrected chi connectivity index (χ2v) is 7.10. The van der Waals surface area contributed by atoms with Crippen LogP contribution in [-0.4, -0.2) is 63.9 Å². The van der Waals surface area contributed by atoms with E-state index in [0.29, 0.717) is 30.7 Å². The molecule has 0 aliphatic carbocycles. The highest BCUT2D eigenvalue weighted by Gasteiger charge is 2.40. The molecule has 0 radical (unpaired) electrons. The molecule has 3 heterocycles. The van der Waals surface area contributed by atoms with E-state index in [4.69, 9.17) is 4.52 Å². The van der Waals surface area contributed by atoms with Crippen molar-refractivity contribution >= 4 is 0 Å². The standard InChI is InChI=1S/C18H23FN4O2/c1-22-8-6-14(7-9-22)23-11-15(24)10-16(23)18-20-17(21-25-18)12-2-4-13(19)5-3-12/h2-5,14-16,24H,6-11H2,1H3/t15-,16+/m1/s1. The van der Waals surface area contributed by atoms with Gasteiger partial charge in [-0.3, -0.25) is 4.90 Å². The van der Waals surface area contributed by atoms with Crippen LogP contribution in [0.5, 0.6) is 0 Å². The molecule has 134 valence electrons. The summed E-state index contributed by atoms with van der Waals surface area (Å²) >= 11 is 0. The van der Waals surface area contributed by atoms with E-state index < -0.39 is 0 Å². The molecule has 0 bridgehead atoms. The van der Waals surface area contributed by atoms with Crippen LogP contribution < -0.4 is 0 Å². The van der Waals surface area contributed by atoms with Gasteiger partial charge in [0.15, 0.2) is 0 Å². The number of hydrogen-bond donors (Lipinski definition) is 1. The third-order valence-electron chi connectivity index (χ3n) is 5.30. The first-order valence-electron chi connectivity index (χ1n) is 8.82. The van der Waals surface area contributed by atoms with Crippen molar-refractivity contribution in [2.75, 3.05) is 26.7 Å². The highest BCUT2D eigenvalue weighted by Crippen LogP contribution is 2.36. The maximum Gasteiger partial charge on any atom is 0.244 e. The van der Waals surface area contributed by atoms with Crippen molar-refractivity contribution in [3.05, 3.63) is 36.0 Å². The van der Waals surface area contributed by atoms with Crippen molar-refractivity contribution in [1.82, 2.24) is 19.9 Å². The Balaban J connectivity index is 1.54. The van der Waals surface area contributed by atoms with Crippen LogP contribution in [0.2, 0.25) is 0 Å². The average Bonchev–Trinajstić information content (AvgIpc) is 3.23. The zero-order valence-electron chi connectivity index (χ0n) is 14.3. The first kappa shape index (κ1) is 16.6. The van der Waals surface area contributed by atoms with Gasteiger partial charge in [0, 0.05) is 18.2 Å². The molecule has 1 aromatic heterocycles. The summed E-state index contributed by atoms with van der Waals surface area (Å²) in [4.78, 5) is 9.17. The van der Waals surface area contributed by atoms with Gasteiger partial charge in [-0.05, 0) is 63.7 Å². The lowest BCUT2D eigenvalue weighted by molar-refractivity contribution is 0.0881. The van der Waals surface area contributed by atoms with Crippen LogP contribution in [0.1, 0.15) is 31.2 Å². The van der Waals surface area contributed by atoms with Crippen LogP contribution in [-0.2, 0) is 0 Å². The van der Waals surface area contributed by atoms with Crippen molar-refractivity contribution in [2.24, 2.45) is 0 Å². The average molecular weight is 346 g/mol. The van der Waals surface area contributed by atoms with Crippen molar-refractivity contribution < 1.29 is 14.0 Å². The number of β-amino-alcohol motifs (C(OH)–C–C–N with tert-alkyl or cyclic N) is 1. The van der Waals surface area contributed by atoms with Crippen LogP contribution in [0, 0.1) is 5.82 Å². The predicted octanol–water partition coefficient (Wildman–Crippen LogP) is 2.08. The largest absolute Gasteiger partial charge is 0.392 e. The van der Waals surface area contributed by atoms with Gasteiger partial charge in [-0.25, -0.2) is 4.39 Å². The molecular weight excluding hydrogens is 323 g/mol. The Bertz CT molecular complexity index is 712. The Morgan fingerprint density at radius 1 is 1.20 bits per heavy atom. The van der Waals surface area contributed by atoms with E-state index in [1.165, 1.54) is 12.1 Å². The maximum atomic E-state index is 13.1. The van der Waals surface area contributed by atoms with Gasteiger partial charge in [-0.15, -0.1) is 0 Å². The Morgan fingerprint density at radius 3 is 2.64 bits per heavy atom. The van der Waals surface area contributed by atoms with Crippen molar-refractivity contribution in [3.63, 3.8) is 0 Å². The number of aromatic nitrogens is 2. The number of likely N-dealkylation sites (tertiary alicyclic amines) is 2. The van der Waals surface area contributed by atoms with Crippen molar-refractivity contribution in [1.29, 1.82) is 0 Å². The highest BCUT2D eigenvalue weighted by atomic mass is 19.1. The lowest BCUT2D eigenvalue weighted by Gasteiger charge is -2.37. The molecule has 1 N–H and O–H groups in total. The van der Waals surface area contributed by atoms with Crippen LogP contribution in [0.15, 0.2) is 28.8 Å². The quantitative estimate of drug-likeness (QED) is 0.918. The molecule has 2 fully saturated rings. The molecule has 2 atom stereocenters. The zero-order valence-corrected chi connectivity index (χ0v) is 14.3. The summed E-state index contributed by atoms with van der Waals surface area (Å²) in [6.45, 7) is 2.77. The maximum absolute atomic E-state index is 13.1. The Kier molecular flexibility index (Phi) is 4.54. The molecule has 2 aliphatic rings.